The number of phenols is 1. The van der Waals surface area contributed by atoms with Gasteiger partial charge < -0.3 is 15.3 Å². The summed E-state index contributed by atoms with van der Waals surface area (Å²) in [6.45, 7) is 10.7. The van der Waals surface area contributed by atoms with Crippen molar-refractivity contribution in [2.75, 3.05) is 0 Å². The molecule has 3 N–H and O–H groups in total. The number of carbonyl (C=O) groups excluding carboxylic acids is 3. The third-order valence-electron chi connectivity index (χ3n) is 7.09. The number of aliphatic hydroxyl groups excluding tert-OH is 2. The van der Waals surface area contributed by atoms with Gasteiger partial charge in [0.15, 0.2) is 17.3 Å². The molecule has 174 valence electrons. The van der Waals surface area contributed by atoms with Gasteiger partial charge in [-0.15, -0.1) is 0 Å². The van der Waals surface area contributed by atoms with Gasteiger partial charge in [-0.1, -0.05) is 39.0 Å². The second kappa shape index (κ2) is 7.59. The van der Waals surface area contributed by atoms with Crippen LogP contribution in [0.3, 0.4) is 0 Å². The maximum absolute atomic E-state index is 13.7. The van der Waals surface area contributed by atoms with Crippen LogP contribution in [0.2, 0.25) is 0 Å². The zero-order valence-corrected chi connectivity index (χ0v) is 19.8. The van der Waals surface area contributed by atoms with Gasteiger partial charge in [-0.2, -0.15) is 0 Å². The standard InChI is InChI=1S/C26H27ClO6/c1-10(27)14-9-16(26(3,4)5)22(30)21-15(14)7-12-6-13-8-17(29)18(11(2)28)23(31)20(13)24(32)19(12)25(21)33/h9,12-13,20,29-30,32H,1,6-8H2,2-5H3. The molecule has 0 bridgehead atoms. The van der Waals surface area contributed by atoms with Gasteiger partial charge >= 0.3 is 0 Å². The first-order valence-electron chi connectivity index (χ1n) is 10.9. The normalized spacial score (nSPS) is 24.9. The van der Waals surface area contributed by atoms with Crippen molar-refractivity contribution in [3.63, 3.8) is 0 Å². The van der Waals surface area contributed by atoms with E-state index < -0.39 is 40.5 Å². The zero-order valence-electron chi connectivity index (χ0n) is 19.1. The average Bonchev–Trinajstić information content (AvgIpc) is 2.65. The molecule has 6 nitrogen and oxygen atoms in total. The van der Waals surface area contributed by atoms with E-state index in [1.54, 1.807) is 6.07 Å². The Kier molecular flexibility index (Phi) is 5.36. The summed E-state index contributed by atoms with van der Waals surface area (Å²) in [4.78, 5) is 38.7. The van der Waals surface area contributed by atoms with E-state index in [1.807, 2.05) is 20.8 Å². The van der Waals surface area contributed by atoms with E-state index in [9.17, 15) is 29.7 Å². The summed E-state index contributed by atoms with van der Waals surface area (Å²) in [6, 6.07) is 1.76. The largest absolute Gasteiger partial charge is 0.511 e. The van der Waals surface area contributed by atoms with Crippen molar-refractivity contribution in [2.24, 2.45) is 17.8 Å². The van der Waals surface area contributed by atoms with Crippen molar-refractivity contribution in [3.8, 4) is 5.75 Å². The molecule has 7 heteroatoms. The van der Waals surface area contributed by atoms with Crippen LogP contribution in [0.4, 0.5) is 0 Å². The maximum Gasteiger partial charge on any atom is 0.196 e. The molecule has 4 rings (SSSR count). The second-order valence-electron chi connectivity index (χ2n) is 10.3. The van der Waals surface area contributed by atoms with E-state index in [2.05, 4.69) is 6.58 Å². The summed E-state index contributed by atoms with van der Waals surface area (Å²) in [5.41, 5.74) is 1.02. The molecule has 1 aromatic carbocycles. The molecule has 3 unspecified atom stereocenters. The number of carbonyl (C=O) groups is 3. The Labute approximate surface area is 197 Å². The smallest absolute Gasteiger partial charge is 0.196 e. The number of phenolic OH excluding ortho intramolecular Hbond substituents is 1. The lowest BCUT2D eigenvalue weighted by molar-refractivity contribution is -0.125. The first-order chi connectivity index (χ1) is 15.3. The number of fused-ring (bicyclic) bond motifs is 3. The highest BCUT2D eigenvalue weighted by Gasteiger charge is 2.50. The lowest BCUT2D eigenvalue weighted by Crippen LogP contribution is -2.42. The van der Waals surface area contributed by atoms with Gasteiger partial charge in [0, 0.05) is 22.6 Å². The Morgan fingerprint density at radius 3 is 2.33 bits per heavy atom. The topological polar surface area (TPSA) is 112 Å². The molecule has 3 atom stereocenters. The summed E-state index contributed by atoms with van der Waals surface area (Å²) in [7, 11) is 0. The molecule has 0 amide bonds. The third-order valence-corrected chi connectivity index (χ3v) is 7.30. The van der Waals surface area contributed by atoms with Crippen LogP contribution in [0, 0.1) is 17.8 Å². The van der Waals surface area contributed by atoms with Crippen LogP contribution in [-0.2, 0) is 21.4 Å². The van der Waals surface area contributed by atoms with E-state index in [0.29, 0.717) is 29.5 Å². The molecule has 1 aromatic rings. The maximum atomic E-state index is 13.7. The number of aliphatic hydroxyl groups is 2. The van der Waals surface area contributed by atoms with Crippen LogP contribution in [0.1, 0.15) is 67.6 Å². The van der Waals surface area contributed by atoms with Gasteiger partial charge in [0.05, 0.1) is 17.1 Å². The Morgan fingerprint density at radius 1 is 1.15 bits per heavy atom. The van der Waals surface area contributed by atoms with Gasteiger partial charge in [-0.25, -0.2) is 0 Å². The number of ketones is 3. The number of benzene rings is 1. The molecule has 0 spiro atoms. The minimum Gasteiger partial charge on any atom is -0.511 e. The van der Waals surface area contributed by atoms with E-state index in [1.165, 1.54) is 6.92 Å². The third kappa shape index (κ3) is 3.43. The number of halogens is 1. The summed E-state index contributed by atoms with van der Waals surface area (Å²) < 4.78 is 0. The van der Waals surface area contributed by atoms with Crippen LogP contribution in [-0.4, -0.2) is 32.7 Å². The highest BCUT2D eigenvalue weighted by atomic mass is 35.5. The monoisotopic (exact) mass is 470 g/mol. The van der Waals surface area contributed by atoms with Crippen molar-refractivity contribution in [1.29, 1.82) is 0 Å². The summed E-state index contributed by atoms with van der Waals surface area (Å²) in [6.07, 6.45) is 0.761. The zero-order chi connectivity index (χ0) is 24.6. The molecular formula is C26H27ClO6. The Bertz CT molecular complexity index is 1210. The van der Waals surface area contributed by atoms with Crippen molar-refractivity contribution >= 4 is 34.0 Å². The van der Waals surface area contributed by atoms with E-state index in [-0.39, 0.29) is 45.4 Å². The van der Waals surface area contributed by atoms with Gasteiger partial charge in [0.2, 0.25) is 0 Å². The van der Waals surface area contributed by atoms with Crippen molar-refractivity contribution in [3.05, 3.63) is 57.6 Å². The molecule has 0 radical (unpaired) electrons. The fourth-order valence-corrected chi connectivity index (χ4v) is 5.80. The predicted octanol–water partition coefficient (Wildman–Crippen LogP) is 5.08. The number of aromatic hydroxyl groups is 1. The number of hydrogen-bond acceptors (Lipinski definition) is 6. The summed E-state index contributed by atoms with van der Waals surface area (Å²) in [5.74, 6) is -4.50. The second-order valence-corrected chi connectivity index (χ2v) is 10.7. The Morgan fingerprint density at radius 2 is 1.79 bits per heavy atom. The molecule has 0 aliphatic heterocycles. The number of rotatable bonds is 2. The predicted molar refractivity (Wildman–Crippen MR) is 124 cm³/mol. The molecule has 33 heavy (non-hydrogen) atoms. The number of Topliss-reactive ketones (excluding diaryl/α,β-unsaturated/α-hetero) is 3. The minimum absolute atomic E-state index is 0.0729. The van der Waals surface area contributed by atoms with Crippen LogP contribution in [0.25, 0.3) is 5.03 Å². The summed E-state index contributed by atoms with van der Waals surface area (Å²) >= 11 is 6.30. The Hall–Kier alpha value is -2.86. The summed E-state index contributed by atoms with van der Waals surface area (Å²) in [5, 5.41) is 32.8. The average molecular weight is 471 g/mol. The van der Waals surface area contributed by atoms with Crippen LogP contribution < -0.4 is 0 Å². The molecule has 0 aromatic heterocycles. The van der Waals surface area contributed by atoms with Crippen molar-refractivity contribution in [1.82, 2.24) is 0 Å². The molecule has 0 saturated heterocycles. The van der Waals surface area contributed by atoms with Crippen molar-refractivity contribution in [2.45, 2.75) is 52.4 Å². The van der Waals surface area contributed by atoms with Gasteiger partial charge in [-0.3, -0.25) is 14.4 Å². The first-order valence-corrected chi connectivity index (χ1v) is 11.3. The molecule has 0 saturated carbocycles. The highest BCUT2D eigenvalue weighted by Crippen LogP contribution is 2.51. The number of allylic oxidation sites excluding steroid dienone is 4. The first kappa shape index (κ1) is 23.3. The van der Waals surface area contributed by atoms with Crippen LogP contribution in [0.5, 0.6) is 5.75 Å². The van der Waals surface area contributed by atoms with E-state index in [0.717, 1.165) is 0 Å². The van der Waals surface area contributed by atoms with E-state index >= 15 is 0 Å². The fraction of sp³-hybridized carbons (Fsp3) is 0.423. The lowest BCUT2D eigenvalue weighted by Gasteiger charge is -2.41. The number of hydrogen-bond donors (Lipinski definition) is 3. The minimum atomic E-state index is -1.06. The van der Waals surface area contributed by atoms with Gasteiger partial charge in [0.25, 0.3) is 0 Å². The molecule has 3 aliphatic rings. The van der Waals surface area contributed by atoms with Gasteiger partial charge in [-0.05, 0) is 54.2 Å². The quantitative estimate of drug-likeness (QED) is 0.520. The van der Waals surface area contributed by atoms with Crippen LogP contribution in [0.15, 0.2) is 35.3 Å². The SMILES string of the molecule is C=C(Cl)c1cc(C(C)(C)C)c(O)c2c1CC1CC3CC(O)=C(C(C)=O)C(=O)C3C(O)=C1C2=O. The highest BCUT2D eigenvalue weighted by molar-refractivity contribution is 6.48. The molecule has 0 heterocycles. The van der Waals surface area contributed by atoms with Crippen LogP contribution >= 0.6 is 11.6 Å². The molecule has 0 fully saturated rings. The molecular weight excluding hydrogens is 444 g/mol. The van der Waals surface area contributed by atoms with E-state index in [4.69, 9.17) is 11.6 Å². The fourth-order valence-electron chi connectivity index (χ4n) is 5.63. The van der Waals surface area contributed by atoms with Gasteiger partial charge in [0.1, 0.15) is 17.3 Å². The lowest BCUT2D eigenvalue weighted by atomic mass is 9.61. The molecule has 3 aliphatic carbocycles. The Balaban J connectivity index is 1.93. The van der Waals surface area contributed by atoms with Crippen molar-refractivity contribution < 1.29 is 29.7 Å².